The third-order valence-corrected chi connectivity index (χ3v) is 1.10. The molecule has 0 fully saturated rings. The first-order chi connectivity index (χ1) is 5.72. The molecule has 0 spiro atoms. The van der Waals surface area contributed by atoms with E-state index in [1.807, 2.05) is 0 Å². The molecule has 0 saturated heterocycles. The molecule has 87 valence electrons. The number of hydrogen-bond donors (Lipinski definition) is 2. The number of hydrogen-bond acceptors (Lipinski definition) is 4. The van der Waals surface area contributed by atoms with Gasteiger partial charge in [-0.3, -0.25) is 9.59 Å². The topological polar surface area (TPSA) is 89.6 Å². The van der Waals surface area contributed by atoms with E-state index in [4.69, 9.17) is 15.6 Å². The van der Waals surface area contributed by atoms with Crippen LogP contribution in [0.3, 0.4) is 0 Å². The summed E-state index contributed by atoms with van der Waals surface area (Å²) in [7, 11) is 0. The summed E-state index contributed by atoms with van der Waals surface area (Å²) >= 11 is 0. The van der Waals surface area contributed by atoms with E-state index in [1.165, 1.54) is 0 Å². The van der Waals surface area contributed by atoms with E-state index in [0.29, 0.717) is 0 Å². The monoisotopic (exact) mass is 252 g/mol. The van der Waals surface area contributed by atoms with Gasteiger partial charge in [-0.1, -0.05) is 0 Å². The van der Waals surface area contributed by atoms with Crippen LogP contribution in [0.15, 0.2) is 0 Å². The number of esters is 1. The van der Waals surface area contributed by atoms with E-state index in [-0.39, 0.29) is 17.1 Å². The van der Waals surface area contributed by atoms with Crippen molar-refractivity contribution in [2.45, 2.75) is 38.8 Å². The van der Waals surface area contributed by atoms with Gasteiger partial charge in [0.1, 0.15) is 11.6 Å². The van der Waals surface area contributed by atoms with E-state index in [9.17, 15) is 9.59 Å². The number of rotatable bonds is 3. The minimum absolute atomic E-state index is 0. The summed E-state index contributed by atoms with van der Waals surface area (Å²) in [6.45, 7) is 5.08. The van der Waals surface area contributed by atoms with Gasteiger partial charge in [0.25, 0.3) is 0 Å². The van der Waals surface area contributed by atoms with Crippen LogP contribution in [0.1, 0.15) is 27.2 Å². The van der Waals surface area contributed by atoms with Crippen molar-refractivity contribution in [1.29, 1.82) is 0 Å². The molecule has 0 saturated carbocycles. The van der Waals surface area contributed by atoms with Crippen molar-refractivity contribution < 1.29 is 36.5 Å². The summed E-state index contributed by atoms with van der Waals surface area (Å²) in [6.07, 6.45) is -0.408. The SMILES string of the molecule is CC(C)(C)OC(=O)C(N)CC(=O)O.[Cu]. The molecule has 0 aromatic rings. The average molecular weight is 253 g/mol. The average Bonchev–Trinajstić information content (AvgIpc) is 1.81. The van der Waals surface area contributed by atoms with Crippen molar-refractivity contribution in [3.05, 3.63) is 0 Å². The standard InChI is InChI=1S/C8H15NO4.Cu/c1-8(2,3)13-7(12)5(9)4-6(10)11;/h5H,4,9H2,1-3H3,(H,10,11);. The first kappa shape index (κ1) is 15.9. The molecule has 0 aromatic carbocycles. The molecule has 1 unspecified atom stereocenters. The number of aliphatic carboxylic acids is 1. The maximum absolute atomic E-state index is 11.1. The fraction of sp³-hybridized carbons (Fsp3) is 0.750. The summed E-state index contributed by atoms with van der Waals surface area (Å²) < 4.78 is 4.87. The van der Waals surface area contributed by atoms with Crippen molar-refractivity contribution in [2.24, 2.45) is 5.73 Å². The zero-order valence-electron chi connectivity index (χ0n) is 8.34. The quantitative estimate of drug-likeness (QED) is 0.550. The molecular weight excluding hydrogens is 238 g/mol. The van der Waals surface area contributed by atoms with Crippen LogP contribution in [-0.4, -0.2) is 28.7 Å². The molecule has 0 aliphatic carbocycles. The smallest absolute Gasteiger partial charge is 0.324 e. The number of carbonyl (C=O) groups is 2. The predicted molar refractivity (Wildman–Crippen MR) is 46.1 cm³/mol. The summed E-state index contributed by atoms with van der Waals surface area (Å²) in [5.41, 5.74) is 4.64. The van der Waals surface area contributed by atoms with E-state index in [1.54, 1.807) is 20.8 Å². The Morgan fingerprint density at radius 2 is 1.86 bits per heavy atom. The molecule has 0 aliphatic heterocycles. The largest absolute Gasteiger partial charge is 0.481 e. The number of carboxylic acids is 1. The van der Waals surface area contributed by atoms with Gasteiger partial charge >= 0.3 is 11.9 Å². The van der Waals surface area contributed by atoms with Gasteiger partial charge in [-0.05, 0) is 20.8 Å². The molecule has 1 atom stereocenters. The van der Waals surface area contributed by atoms with Crippen molar-refractivity contribution in [1.82, 2.24) is 0 Å². The minimum Gasteiger partial charge on any atom is -0.481 e. The first-order valence-corrected chi connectivity index (χ1v) is 3.92. The first-order valence-electron chi connectivity index (χ1n) is 3.92. The molecule has 0 bridgehead atoms. The summed E-state index contributed by atoms with van der Waals surface area (Å²) in [6, 6.07) is -1.09. The Labute approximate surface area is 93.5 Å². The molecule has 5 nitrogen and oxygen atoms in total. The fourth-order valence-electron chi connectivity index (χ4n) is 0.649. The van der Waals surface area contributed by atoms with Crippen molar-refractivity contribution >= 4 is 11.9 Å². The molecule has 0 heterocycles. The molecular formula is C8H15CuNO4. The molecule has 0 aromatic heterocycles. The maximum atomic E-state index is 11.1. The summed E-state index contributed by atoms with van der Waals surface area (Å²) in [5.74, 6) is -1.80. The normalized spacial score (nSPS) is 12.6. The second-order valence-corrected chi connectivity index (χ2v) is 3.74. The van der Waals surface area contributed by atoms with E-state index in [2.05, 4.69) is 0 Å². The van der Waals surface area contributed by atoms with Crippen molar-refractivity contribution in [2.75, 3.05) is 0 Å². The number of carbonyl (C=O) groups excluding carboxylic acids is 1. The zero-order valence-corrected chi connectivity index (χ0v) is 9.28. The zero-order chi connectivity index (χ0) is 10.6. The summed E-state index contributed by atoms with van der Waals surface area (Å²) in [5, 5.41) is 8.34. The Kier molecular flexibility index (Phi) is 6.81. The Bertz CT molecular complexity index is 212. The molecule has 0 aliphatic rings. The van der Waals surface area contributed by atoms with E-state index in [0.717, 1.165) is 0 Å². The number of nitrogens with two attached hydrogens (primary N) is 1. The van der Waals surface area contributed by atoms with Gasteiger partial charge in [0.05, 0.1) is 6.42 Å². The molecule has 6 heteroatoms. The van der Waals surface area contributed by atoms with Crippen LogP contribution in [0.4, 0.5) is 0 Å². The van der Waals surface area contributed by atoms with Gasteiger partial charge in [0, 0.05) is 17.1 Å². The molecule has 0 rings (SSSR count). The molecule has 0 amide bonds. The maximum Gasteiger partial charge on any atom is 0.324 e. The Balaban J connectivity index is 0. The second kappa shape index (κ2) is 6.01. The predicted octanol–water partition coefficient (Wildman–Crippen LogP) is 0.128. The van der Waals surface area contributed by atoms with Crippen molar-refractivity contribution in [3.8, 4) is 0 Å². The second-order valence-electron chi connectivity index (χ2n) is 3.74. The minimum atomic E-state index is -1.11. The Hall–Kier alpha value is -0.581. The molecule has 1 radical (unpaired) electrons. The number of carboxylic acid groups (broad SMARTS) is 1. The van der Waals surface area contributed by atoms with Crippen LogP contribution < -0.4 is 5.73 Å². The van der Waals surface area contributed by atoms with Crippen LogP contribution in [0, 0.1) is 0 Å². The van der Waals surface area contributed by atoms with Gasteiger partial charge in [-0.25, -0.2) is 0 Å². The van der Waals surface area contributed by atoms with Gasteiger partial charge in [0.2, 0.25) is 0 Å². The van der Waals surface area contributed by atoms with Gasteiger partial charge < -0.3 is 15.6 Å². The third kappa shape index (κ3) is 8.04. The number of ether oxygens (including phenoxy) is 1. The van der Waals surface area contributed by atoms with E-state index < -0.39 is 30.0 Å². The van der Waals surface area contributed by atoms with Gasteiger partial charge in [-0.2, -0.15) is 0 Å². The Morgan fingerprint density at radius 1 is 1.43 bits per heavy atom. The van der Waals surface area contributed by atoms with Crippen LogP contribution in [0.25, 0.3) is 0 Å². The van der Waals surface area contributed by atoms with Gasteiger partial charge in [-0.15, -0.1) is 0 Å². The van der Waals surface area contributed by atoms with E-state index >= 15 is 0 Å². The molecule has 14 heavy (non-hydrogen) atoms. The fourth-order valence-corrected chi connectivity index (χ4v) is 0.649. The Morgan fingerprint density at radius 3 is 2.14 bits per heavy atom. The van der Waals surface area contributed by atoms with Crippen LogP contribution in [0.5, 0.6) is 0 Å². The van der Waals surface area contributed by atoms with Gasteiger partial charge in [0.15, 0.2) is 0 Å². The third-order valence-electron chi connectivity index (χ3n) is 1.10. The van der Waals surface area contributed by atoms with Crippen LogP contribution in [0.2, 0.25) is 0 Å². The van der Waals surface area contributed by atoms with Crippen molar-refractivity contribution in [3.63, 3.8) is 0 Å². The summed E-state index contributed by atoms with van der Waals surface area (Å²) in [4.78, 5) is 21.3. The molecule has 3 N–H and O–H groups in total. The van der Waals surface area contributed by atoms with Crippen LogP contribution >= 0.6 is 0 Å². The van der Waals surface area contributed by atoms with Crippen LogP contribution in [-0.2, 0) is 31.4 Å².